The van der Waals surface area contributed by atoms with Gasteiger partial charge in [-0.25, -0.2) is 4.98 Å². The van der Waals surface area contributed by atoms with Crippen LogP contribution in [0.15, 0.2) is 24.4 Å². The minimum Gasteiger partial charge on any atom is -0.254 e. The van der Waals surface area contributed by atoms with Crippen molar-refractivity contribution >= 4 is 22.6 Å². The Morgan fingerprint density at radius 3 is 3.08 bits per heavy atom. The number of rotatable bonds is 0. The van der Waals surface area contributed by atoms with Gasteiger partial charge in [-0.3, -0.25) is 4.98 Å². The van der Waals surface area contributed by atoms with E-state index in [-0.39, 0.29) is 0 Å². The van der Waals surface area contributed by atoms with E-state index >= 15 is 0 Å². The molecular weight excluding hydrogens is 172 g/mol. The Morgan fingerprint density at radius 1 is 1.42 bits per heavy atom. The Bertz CT molecular complexity index is 426. The fourth-order valence-electron chi connectivity index (χ4n) is 1.19. The first-order valence-corrected chi connectivity index (χ1v) is 4.03. The Labute approximate surface area is 75.2 Å². The topological polar surface area (TPSA) is 25.8 Å². The van der Waals surface area contributed by atoms with Crippen LogP contribution in [0.3, 0.4) is 0 Å². The number of hydrogen-bond acceptors (Lipinski definition) is 2. The number of halogens is 1. The minimum absolute atomic E-state index is 0.521. The van der Waals surface area contributed by atoms with E-state index in [1.54, 1.807) is 6.20 Å². The molecule has 0 bridgehead atoms. The second-order valence-electron chi connectivity index (χ2n) is 2.63. The molecule has 0 amide bonds. The molecule has 2 aromatic heterocycles. The molecule has 0 aromatic carbocycles. The lowest BCUT2D eigenvalue weighted by atomic mass is 10.2. The third-order valence-electron chi connectivity index (χ3n) is 1.72. The summed E-state index contributed by atoms with van der Waals surface area (Å²) in [5.41, 5.74) is 2.83. The van der Waals surface area contributed by atoms with Crippen LogP contribution >= 0.6 is 11.6 Å². The summed E-state index contributed by atoms with van der Waals surface area (Å²) in [6.07, 6.45) is 1.75. The lowest BCUT2D eigenvalue weighted by molar-refractivity contribution is 1.30. The van der Waals surface area contributed by atoms with Crippen molar-refractivity contribution in [2.75, 3.05) is 0 Å². The Kier molecular flexibility index (Phi) is 1.70. The molecule has 2 rings (SSSR count). The summed E-state index contributed by atoms with van der Waals surface area (Å²) in [6.45, 7) is 1.98. The van der Waals surface area contributed by atoms with E-state index in [2.05, 4.69) is 9.97 Å². The summed E-state index contributed by atoms with van der Waals surface area (Å²) in [5.74, 6) is 0. The van der Waals surface area contributed by atoms with Crippen LogP contribution in [0.5, 0.6) is 0 Å². The van der Waals surface area contributed by atoms with Crippen molar-refractivity contribution in [2.45, 2.75) is 6.92 Å². The van der Waals surface area contributed by atoms with Crippen molar-refractivity contribution < 1.29 is 0 Å². The van der Waals surface area contributed by atoms with Gasteiger partial charge in [0, 0.05) is 6.20 Å². The second kappa shape index (κ2) is 2.72. The van der Waals surface area contributed by atoms with Gasteiger partial charge in [0.15, 0.2) is 0 Å². The first-order valence-electron chi connectivity index (χ1n) is 3.65. The summed E-state index contributed by atoms with van der Waals surface area (Å²) in [4.78, 5) is 8.34. The molecule has 0 aliphatic rings. The largest absolute Gasteiger partial charge is 0.254 e. The highest BCUT2D eigenvalue weighted by molar-refractivity contribution is 6.29. The summed E-state index contributed by atoms with van der Waals surface area (Å²) < 4.78 is 0. The van der Waals surface area contributed by atoms with Crippen molar-refractivity contribution in [3.63, 3.8) is 0 Å². The molecule has 0 atom stereocenters. The quantitative estimate of drug-likeness (QED) is 0.580. The molecule has 0 unspecified atom stereocenters. The van der Waals surface area contributed by atoms with Gasteiger partial charge in [0.1, 0.15) is 5.15 Å². The molecule has 0 aliphatic heterocycles. The van der Waals surface area contributed by atoms with Crippen LogP contribution in [0.25, 0.3) is 11.0 Å². The molecule has 0 saturated carbocycles. The summed E-state index contributed by atoms with van der Waals surface area (Å²) in [5, 5.41) is 0.521. The summed E-state index contributed by atoms with van der Waals surface area (Å²) in [7, 11) is 0. The molecule has 2 aromatic rings. The van der Waals surface area contributed by atoms with E-state index < -0.39 is 0 Å². The average Bonchev–Trinajstić information content (AvgIpc) is 2.04. The van der Waals surface area contributed by atoms with E-state index in [1.165, 1.54) is 0 Å². The third-order valence-corrected chi connectivity index (χ3v) is 1.92. The van der Waals surface area contributed by atoms with E-state index in [0.717, 1.165) is 16.6 Å². The molecule has 2 nitrogen and oxygen atoms in total. The maximum Gasteiger partial charge on any atom is 0.130 e. The van der Waals surface area contributed by atoms with Gasteiger partial charge in [0.2, 0.25) is 0 Å². The van der Waals surface area contributed by atoms with Gasteiger partial charge in [-0.15, -0.1) is 0 Å². The maximum atomic E-state index is 5.79. The van der Waals surface area contributed by atoms with E-state index in [4.69, 9.17) is 11.6 Å². The first-order chi connectivity index (χ1) is 5.77. The Morgan fingerprint density at radius 2 is 2.25 bits per heavy atom. The molecule has 0 N–H and O–H groups in total. The van der Waals surface area contributed by atoms with Crippen molar-refractivity contribution in [1.29, 1.82) is 0 Å². The molecule has 60 valence electrons. The zero-order valence-electron chi connectivity index (χ0n) is 6.58. The molecule has 2 heterocycles. The molecule has 0 spiro atoms. The molecule has 12 heavy (non-hydrogen) atoms. The highest BCUT2D eigenvalue weighted by Crippen LogP contribution is 2.16. The number of aromatic nitrogens is 2. The second-order valence-corrected chi connectivity index (χ2v) is 3.02. The fourth-order valence-corrected chi connectivity index (χ4v) is 1.44. The standard InChI is InChI=1S/C9H7ClN2/c1-6-5-8(10)12-7-3-2-4-11-9(6)7/h2-5H,1H3. The van der Waals surface area contributed by atoms with Crippen LogP contribution in [0.2, 0.25) is 5.15 Å². The predicted octanol–water partition coefficient (Wildman–Crippen LogP) is 2.59. The smallest absolute Gasteiger partial charge is 0.130 e. The lowest BCUT2D eigenvalue weighted by Gasteiger charge is -1.99. The average molecular weight is 179 g/mol. The van der Waals surface area contributed by atoms with Gasteiger partial charge < -0.3 is 0 Å². The molecule has 3 heteroatoms. The number of pyridine rings is 2. The van der Waals surface area contributed by atoms with Crippen LogP contribution in [-0.4, -0.2) is 9.97 Å². The van der Waals surface area contributed by atoms with Crippen LogP contribution < -0.4 is 0 Å². The van der Waals surface area contributed by atoms with E-state index in [1.807, 2.05) is 25.1 Å². The van der Waals surface area contributed by atoms with Crippen molar-refractivity contribution in [2.24, 2.45) is 0 Å². The van der Waals surface area contributed by atoms with Crippen LogP contribution in [-0.2, 0) is 0 Å². The molecular formula is C9H7ClN2. The van der Waals surface area contributed by atoms with Gasteiger partial charge in [0.25, 0.3) is 0 Å². The van der Waals surface area contributed by atoms with Crippen LogP contribution in [0, 0.1) is 6.92 Å². The van der Waals surface area contributed by atoms with Gasteiger partial charge in [0.05, 0.1) is 11.0 Å². The summed E-state index contributed by atoms with van der Waals surface area (Å²) >= 11 is 5.79. The lowest BCUT2D eigenvalue weighted by Crippen LogP contribution is -1.86. The maximum absolute atomic E-state index is 5.79. The molecule has 0 fully saturated rings. The molecule has 0 aliphatic carbocycles. The van der Waals surface area contributed by atoms with Crippen molar-refractivity contribution in [3.05, 3.63) is 35.1 Å². The van der Waals surface area contributed by atoms with Gasteiger partial charge >= 0.3 is 0 Å². The monoisotopic (exact) mass is 178 g/mol. The van der Waals surface area contributed by atoms with Gasteiger partial charge in [-0.05, 0) is 30.7 Å². The van der Waals surface area contributed by atoms with Crippen molar-refractivity contribution in [3.8, 4) is 0 Å². The minimum atomic E-state index is 0.521. The highest BCUT2D eigenvalue weighted by atomic mass is 35.5. The summed E-state index contributed by atoms with van der Waals surface area (Å²) in [6, 6.07) is 5.57. The van der Waals surface area contributed by atoms with E-state index in [0.29, 0.717) is 5.15 Å². The number of aryl methyl sites for hydroxylation is 1. The number of hydrogen-bond donors (Lipinski definition) is 0. The van der Waals surface area contributed by atoms with Crippen LogP contribution in [0.1, 0.15) is 5.56 Å². The molecule has 0 radical (unpaired) electrons. The first kappa shape index (κ1) is 7.50. The molecule has 0 saturated heterocycles. The third kappa shape index (κ3) is 1.14. The van der Waals surface area contributed by atoms with Crippen LogP contribution in [0.4, 0.5) is 0 Å². The Balaban J connectivity index is 2.89. The predicted molar refractivity (Wildman–Crippen MR) is 49.3 cm³/mol. The Hall–Kier alpha value is -1.15. The van der Waals surface area contributed by atoms with Gasteiger partial charge in [-0.2, -0.15) is 0 Å². The highest BCUT2D eigenvalue weighted by Gasteiger charge is 2.00. The fraction of sp³-hybridized carbons (Fsp3) is 0.111. The zero-order valence-corrected chi connectivity index (χ0v) is 7.34. The normalized spacial score (nSPS) is 10.5. The van der Waals surface area contributed by atoms with E-state index in [9.17, 15) is 0 Å². The number of fused-ring (bicyclic) bond motifs is 1. The SMILES string of the molecule is Cc1cc(Cl)nc2cccnc12. The van der Waals surface area contributed by atoms with Gasteiger partial charge in [-0.1, -0.05) is 11.6 Å². The zero-order chi connectivity index (χ0) is 8.55. The van der Waals surface area contributed by atoms with Crippen molar-refractivity contribution in [1.82, 2.24) is 9.97 Å². The number of nitrogens with zero attached hydrogens (tertiary/aromatic N) is 2.